The van der Waals surface area contributed by atoms with Gasteiger partial charge in [0.2, 0.25) is 0 Å². The van der Waals surface area contributed by atoms with Gasteiger partial charge in [-0.1, -0.05) is 11.6 Å². The predicted molar refractivity (Wildman–Crippen MR) is 124 cm³/mol. The molecular formula is C23H17ClN4O6. The molecule has 0 saturated heterocycles. The highest BCUT2D eigenvalue weighted by atomic mass is 35.5. The number of nitro benzene ring substituents is 1. The Morgan fingerprint density at radius 1 is 0.941 bits per heavy atom. The van der Waals surface area contributed by atoms with Crippen LogP contribution in [0.5, 0.6) is 5.75 Å². The summed E-state index contributed by atoms with van der Waals surface area (Å²) in [4.78, 5) is 46.1. The second-order valence-electron chi connectivity index (χ2n) is 6.75. The first kappa shape index (κ1) is 24.1. The second kappa shape index (κ2) is 11.3. The molecule has 0 saturated carbocycles. The normalized spacial score (nSPS) is 10.5. The van der Waals surface area contributed by atoms with E-state index >= 15 is 0 Å². The monoisotopic (exact) mass is 480 g/mol. The number of nitro groups is 1. The zero-order valence-corrected chi connectivity index (χ0v) is 18.2. The van der Waals surface area contributed by atoms with E-state index in [0.717, 1.165) is 0 Å². The number of hydrazone groups is 1. The van der Waals surface area contributed by atoms with Gasteiger partial charge < -0.3 is 10.1 Å². The van der Waals surface area contributed by atoms with E-state index < -0.39 is 22.7 Å². The molecule has 3 rings (SSSR count). The van der Waals surface area contributed by atoms with Crippen molar-refractivity contribution in [3.8, 4) is 5.75 Å². The predicted octanol–water partition coefficient (Wildman–Crippen LogP) is 3.35. The van der Waals surface area contributed by atoms with Crippen LogP contribution in [-0.2, 0) is 4.79 Å². The molecule has 34 heavy (non-hydrogen) atoms. The molecule has 0 aromatic heterocycles. The third-order valence-electron chi connectivity index (χ3n) is 4.32. The maximum Gasteiger partial charge on any atom is 0.343 e. The molecule has 0 spiro atoms. The van der Waals surface area contributed by atoms with E-state index in [1.54, 1.807) is 36.4 Å². The van der Waals surface area contributed by atoms with Crippen LogP contribution in [0.4, 0.5) is 5.69 Å². The van der Waals surface area contributed by atoms with Crippen molar-refractivity contribution in [1.82, 2.24) is 10.7 Å². The Morgan fingerprint density at radius 2 is 1.56 bits per heavy atom. The van der Waals surface area contributed by atoms with Gasteiger partial charge in [-0.05, 0) is 66.2 Å². The van der Waals surface area contributed by atoms with Gasteiger partial charge in [-0.2, -0.15) is 5.10 Å². The lowest BCUT2D eigenvalue weighted by atomic mass is 10.2. The van der Waals surface area contributed by atoms with Crippen LogP contribution in [0.3, 0.4) is 0 Å². The molecule has 172 valence electrons. The summed E-state index contributed by atoms with van der Waals surface area (Å²) in [5, 5.41) is 17.4. The van der Waals surface area contributed by atoms with Crippen LogP contribution in [0.2, 0.25) is 5.02 Å². The summed E-state index contributed by atoms with van der Waals surface area (Å²) >= 11 is 5.77. The summed E-state index contributed by atoms with van der Waals surface area (Å²) < 4.78 is 5.23. The highest BCUT2D eigenvalue weighted by Crippen LogP contribution is 2.16. The molecule has 0 atom stereocenters. The molecule has 11 heteroatoms. The number of ether oxygens (including phenoxy) is 1. The molecule has 0 fully saturated rings. The van der Waals surface area contributed by atoms with Crippen LogP contribution < -0.4 is 15.5 Å². The SMILES string of the molecule is O=C(CNC(=O)c1ccc(Cl)cc1)N/N=C\c1ccc(OC(=O)c2ccc([N+](=O)[O-])cc2)cc1. The number of rotatable bonds is 8. The van der Waals surface area contributed by atoms with E-state index in [1.807, 2.05) is 0 Å². The van der Waals surface area contributed by atoms with Crippen molar-refractivity contribution in [2.24, 2.45) is 5.10 Å². The summed E-state index contributed by atoms with van der Waals surface area (Å²) in [5.41, 5.74) is 3.31. The van der Waals surface area contributed by atoms with Crippen molar-refractivity contribution >= 4 is 41.3 Å². The zero-order valence-electron chi connectivity index (χ0n) is 17.4. The van der Waals surface area contributed by atoms with Crippen LogP contribution in [-0.4, -0.2) is 35.5 Å². The Morgan fingerprint density at radius 3 is 2.18 bits per heavy atom. The largest absolute Gasteiger partial charge is 0.423 e. The van der Waals surface area contributed by atoms with Crippen LogP contribution in [0, 0.1) is 10.1 Å². The van der Waals surface area contributed by atoms with Gasteiger partial charge in [-0.3, -0.25) is 19.7 Å². The number of hydrogen-bond donors (Lipinski definition) is 2. The fourth-order valence-corrected chi connectivity index (χ4v) is 2.72. The highest BCUT2D eigenvalue weighted by molar-refractivity contribution is 6.30. The van der Waals surface area contributed by atoms with E-state index in [4.69, 9.17) is 16.3 Å². The first-order valence-corrected chi connectivity index (χ1v) is 10.1. The van der Waals surface area contributed by atoms with Gasteiger partial charge in [0.05, 0.1) is 23.2 Å². The number of nitrogens with one attached hydrogen (secondary N) is 2. The number of esters is 1. The summed E-state index contributed by atoms with van der Waals surface area (Å²) in [5.74, 6) is -1.35. The molecule has 0 aliphatic heterocycles. The van der Waals surface area contributed by atoms with E-state index in [2.05, 4.69) is 15.8 Å². The lowest BCUT2D eigenvalue weighted by molar-refractivity contribution is -0.384. The van der Waals surface area contributed by atoms with Gasteiger partial charge in [0.25, 0.3) is 17.5 Å². The minimum Gasteiger partial charge on any atom is -0.423 e. The number of benzene rings is 3. The first-order valence-electron chi connectivity index (χ1n) is 9.74. The lowest BCUT2D eigenvalue weighted by Gasteiger charge is -2.05. The average Bonchev–Trinajstić information content (AvgIpc) is 2.84. The lowest BCUT2D eigenvalue weighted by Crippen LogP contribution is -2.34. The number of non-ortho nitro benzene ring substituents is 1. The summed E-state index contributed by atoms with van der Waals surface area (Å²) in [6.07, 6.45) is 1.38. The number of amides is 2. The van der Waals surface area contributed by atoms with Crippen molar-refractivity contribution < 1.29 is 24.0 Å². The summed E-state index contributed by atoms with van der Waals surface area (Å²) in [6, 6.07) is 17.5. The van der Waals surface area contributed by atoms with Crippen LogP contribution in [0.15, 0.2) is 77.9 Å². The molecule has 0 unspecified atom stereocenters. The van der Waals surface area contributed by atoms with E-state index in [0.29, 0.717) is 16.1 Å². The third kappa shape index (κ3) is 6.97. The fraction of sp³-hybridized carbons (Fsp3) is 0.0435. The third-order valence-corrected chi connectivity index (χ3v) is 4.58. The van der Waals surface area contributed by atoms with Gasteiger partial charge in [0.15, 0.2) is 0 Å². The smallest absolute Gasteiger partial charge is 0.343 e. The Bertz CT molecular complexity index is 1230. The molecular weight excluding hydrogens is 464 g/mol. The van der Waals surface area contributed by atoms with E-state index in [-0.39, 0.29) is 23.5 Å². The average molecular weight is 481 g/mol. The number of hydrogen-bond acceptors (Lipinski definition) is 7. The quantitative estimate of drug-likeness (QED) is 0.166. The first-order chi connectivity index (χ1) is 16.3. The van der Waals surface area contributed by atoms with E-state index in [1.165, 1.54) is 42.6 Å². The fourth-order valence-electron chi connectivity index (χ4n) is 2.59. The van der Waals surface area contributed by atoms with E-state index in [9.17, 15) is 24.5 Å². The zero-order chi connectivity index (χ0) is 24.5. The topological polar surface area (TPSA) is 140 Å². The number of nitrogens with zero attached hydrogens (tertiary/aromatic N) is 2. The van der Waals surface area contributed by atoms with Crippen LogP contribution in [0.25, 0.3) is 0 Å². The van der Waals surface area contributed by atoms with Gasteiger partial charge in [0.1, 0.15) is 5.75 Å². The molecule has 0 radical (unpaired) electrons. The van der Waals surface area contributed by atoms with Gasteiger partial charge >= 0.3 is 5.97 Å². The molecule has 0 aliphatic rings. The highest BCUT2D eigenvalue weighted by Gasteiger charge is 2.11. The maximum atomic E-state index is 12.1. The van der Waals surface area contributed by atoms with Crippen LogP contribution in [0.1, 0.15) is 26.3 Å². The standard InChI is InChI=1S/C23H17ClN4O6/c24-18-7-3-16(4-8-18)22(30)25-14-21(29)27-26-13-15-1-11-20(12-2-15)34-23(31)17-5-9-19(10-6-17)28(32)33/h1-13H,14H2,(H,25,30)(H,27,29)/b26-13-. The Kier molecular flexibility index (Phi) is 8.03. The molecule has 10 nitrogen and oxygen atoms in total. The minimum absolute atomic E-state index is 0.129. The molecule has 2 amide bonds. The Labute approximate surface area is 198 Å². The second-order valence-corrected chi connectivity index (χ2v) is 7.18. The Hall–Kier alpha value is -4.57. The van der Waals surface area contributed by atoms with Crippen molar-refractivity contribution in [3.05, 3.63) is 105 Å². The van der Waals surface area contributed by atoms with Crippen molar-refractivity contribution in [2.75, 3.05) is 6.54 Å². The molecule has 3 aromatic carbocycles. The maximum absolute atomic E-state index is 12.1. The molecule has 0 bridgehead atoms. The molecule has 3 aromatic rings. The Balaban J connectivity index is 1.45. The summed E-state index contributed by atoms with van der Waals surface area (Å²) in [6.45, 7) is -0.268. The summed E-state index contributed by atoms with van der Waals surface area (Å²) in [7, 11) is 0. The molecule has 0 aliphatic carbocycles. The number of halogens is 1. The van der Waals surface area contributed by atoms with Crippen LogP contribution >= 0.6 is 11.6 Å². The molecule has 0 heterocycles. The van der Waals surface area contributed by atoms with Gasteiger partial charge in [-0.15, -0.1) is 0 Å². The number of carbonyl (C=O) groups excluding carboxylic acids is 3. The van der Waals surface area contributed by atoms with Gasteiger partial charge in [-0.25, -0.2) is 10.2 Å². The van der Waals surface area contributed by atoms with Crippen molar-refractivity contribution in [1.29, 1.82) is 0 Å². The van der Waals surface area contributed by atoms with Crippen molar-refractivity contribution in [3.63, 3.8) is 0 Å². The number of carbonyl (C=O) groups is 3. The molecule has 2 N–H and O–H groups in total. The van der Waals surface area contributed by atoms with Gasteiger partial charge in [0, 0.05) is 22.7 Å². The minimum atomic E-state index is -0.663. The van der Waals surface area contributed by atoms with Crippen molar-refractivity contribution in [2.45, 2.75) is 0 Å².